The van der Waals surface area contributed by atoms with Crippen LogP contribution in [0.3, 0.4) is 0 Å². The van der Waals surface area contributed by atoms with Crippen LogP contribution in [0.4, 0.5) is 5.69 Å². The highest BCUT2D eigenvalue weighted by Crippen LogP contribution is 2.49. The van der Waals surface area contributed by atoms with Crippen LogP contribution in [-0.2, 0) is 13.6 Å². The number of benzene rings is 2. The van der Waals surface area contributed by atoms with Crippen LogP contribution in [0.25, 0.3) is 0 Å². The van der Waals surface area contributed by atoms with E-state index < -0.39 is 19.6 Å². The molecule has 2 aromatic rings. The summed E-state index contributed by atoms with van der Waals surface area (Å²) < 4.78 is 23.1. The average molecular weight is 472 g/mol. The minimum absolute atomic E-state index is 0.0723. The first-order valence-electron chi connectivity index (χ1n) is 8.65. The van der Waals surface area contributed by atoms with Gasteiger partial charge in [-0.3, -0.25) is 14.6 Å². The van der Waals surface area contributed by atoms with Crippen LogP contribution in [0.5, 0.6) is 5.75 Å². The van der Waals surface area contributed by atoms with E-state index in [0.717, 1.165) is 12.0 Å². The fraction of sp³-hybridized carbons (Fsp3) is 0.368. The molecule has 0 N–H and O–H groups in total. The summed E-state index contributed by atoms with van der Waals surface area (Å²) in [6.45, 7) is 3.91. The maximum atomic E-state index is 11.7. The van der Waals surface area contributed by atoms with Crippen LogP contribution in [0.1, 0.15) is 37.5 Å². The fourth-order valence-corrected chi connectivity index (χ4v) is 3.99. The van der Waals surface area contributed by atoms with Gasteiger partial charge in [-0.15, -0.1) is 0 Å². The Bertz CT molecular complexity index is 791. The summed E-state index contributed by atoms with van der Waals surface area (Å²) in [4.78, 5) is 11.3. The molecule has 0 saturated heterocycles. The molecule has 0 aliphatic rings. The first kappa shape index (κ1) is 22.7. The summed E-state index contributed by atoms with van der Waals surface area (Å²) in [7, 11) is 1.28. The lowest BCUT2D eigenvalue weighted by molar-refractivity contribution is -0.386. The van der Waals surface area contributed by atoms with Crippen LogP contribution in [0.15, 0.2) is 46.9 Å². The zero-order valence-corrected chi connectivity index (χ0v) is 18.6. The van der Waals surface area contributed by atoms with Gasteiger partial charge >= 0.3 is 8.60 Å². The van der Waals surface area contributed by atoms with Crippen molar-refractivity contribution in [1.29, 1.82) is 0 Å². The Morgan fingerprint density at radius 1 is 1.18 bits per heavy atom. The topological polar surface area (TPSA) is 80.1 Å². The highest BCUT2D eigenvalue weighted by atomic mass is 79.9. The molecular formula is C19H23BrNO6P. The van der Waals surface area contributed by atoms with Gasteiger partial charge in [-0.25, -0.2) is 0 Å². The fourth-order valence-electron chi connectivity index (χ4n) is 2.43. The number of hydrogen-bond acceptors (Lipinski definition) is 6. The largest absolute Gasteiger partial charge is 0.496 e. The molecule has 3 atom stereocenters. The number of nitro benzene ring substituents is 1. The highest BCUT2D eigenvalue weighted by molar-refractivity contribution is 9.10. The molecule has 0 bridgehead atoms. The summed E-state index contributed by atoms with van der Waals surface area (Å²) in [6, 6.07) is 12.3. The minimum Gasteiger partial charge on any atom is -0.496 e. The monoisotopic (exact) mass is 471 g/mol. The third-order valence-corrected chi connectivity index (χ3v) is 5.90. The molecule has 0 heterocycles. The van der Waals surface area contributed by atoms with Gasteiger partial charge in [0.15, 0.2) is 0 Å². The van der Waals surface area contributed by atoms with E-state index in [1.165, 1.54) is 20.3 Å². The zero-order valence-electron chi connectivity index (χ0n) is 16.1. The van der Waals surface area contributed by atoms with Crippen LogP contribution >= 0.6 is 24.5 Å². The molecule has 0 saturated carbocycles. The Morgan fingerprint density at radius 2 is 1.86 bits per heavy atom. The smallest absolute Gasteiger partial charge is 0.333 e. The first-order valence-corrected chi connectivity index (χ1v) is 10.5. The van der Waals surface area contributed by atoms with Crippen molar-refractivity contribution in [3.8, 4) is 5.75 Å². The molecule has 0 aliphatic carbocycles. The maximum absolute atomic E-state index is 11.7. The van der Waals surface area contributed by atoms with Crippen molar-refractivity contribution in [3.63, 3.8) is 0 Å². The second kappa shape index (κ2) is 10.8. The third-order valence-electron chi connectivity index (χ3n) is 4.06. The second-order valence-corrected chi connectivity index (χ2v) is 8.02. The Hall–Kier alpha value is -1.57. The number of ether oxygens (including phenoxy) is 1. The molecule has 28 heavy (non-hydrogen) atoms. The Kier molecular flexibility index (Phi) is 8.79. The van der Waals surface area contributed by atoms with Gasteiger partial charge in [-0.1, -0.05) is 37.3 Å². The number of halogens is 1. The lowest BCUT2D eigenvalue weighted by Gasteiger charge is -2.25. The van der Waals surface area contributed by atoms with Gasteiger partial charge in [0.25, 0.3) is 5.69 Å². The van der Waals surface area contributed by atoms with Crippen LogP contribution in [0, 0.1) is 10.1 Å². The molecule has 3 unspecified atom stereocenters. The summed E-state index contributed by atoms with van der Waals surface area (Å²) in [5.41, 5.74) is 1.01. The minimum atomic E-state index is -1.72. The number of nitrogens with zero attached hydrogens (tertiary/aromatic N) is 1. The quantitative estimate of drug-likeness (QED) is 0.234. The maximum Gasteiger partial charge on any atom is 0.333 e. The molecular weight excluding hydrogens is 449 g/mol. The van der Waals surface area contributed by atoms with Crippen molar-refractivity contribution in [2.45, 2.75) is 32.5 Å². The number of rotatable bonds is 10. The van der Waals surface area contributed by atoms with E-state index >= 15 is 0 Å². The van der Waals surface area contributed by atoms with Gasteiger partial charge in [0.05, 0.1) is 28.2 Å². The van der Waals surface area contributed by atoms with E-state index in [1.54, 1.807) is 6.07 Å². The molecule has 2 rings (SSSR count). The molecule has 0 radical (unpaired) electrons. The lowest BCUT2D eigenvalue weighted by Crippen LogP contribution is -2.11. The SMILES string of the molecule is CCC(C)OP(OC)OC(c1ccccc1)c1cc(OC)c(Br)cc1[N+](=O)[O-]. The summed E-state index contributed by atoms with van der Waals surface area (Å²) >= 11 is 3.31. The van der Waals surface area contributed by atoms with Crippen molar-refractivity contribution >= 4 is 30.2 Å². The highest BCUT2D eigenvalue weighted by Gasteiger charge is 2.30. The number of methoxy groups -OCH3 is 1. The number of nitro groups is 1. The van der Waals surface area contributed by atoms with Crippen molar-refractivity contribution in [2.75, 3.05) is 14.2 Å². The Balaban J connectivity index is 2.55. The zero-order chi connectivity index (χ0) is 20.7. The molecule has 0 aliphatic heterocycles. The van der Waals surface area contributed by atoms with Gasteiger partial charge in [0, 0.05) is 13.2 Å². The van der Waals surface area contributed by atoms with Gasteiger partial charge < -0.3 is 13.8 Å². The van der Waals surface area contributed by atoms with E-state index in [-0.39, 0.29) is 11.8 Å². The average Bonchev–Trinajstić information content (AvgIpc) is 2.71. The van der Waals surface area contributed by atoms with Crippen LogP contribution in [0.2, 0.25) is 0 Å². The van der Waals surface area contributed by atoms with Crippen molar-refractivity contribution in [2.24, 2.45) is 0 Å². The predicted octanol–water partition coefficient (Wildman–Crippen LogP) is 6.16. The van der Waals surface area contributed by atoms with Crippen LogP contribution in [-0.4, -0.2) is 25.2 Å². The lowest BCUT2D eigenvalue weighted by atomic mass is 10.00. The van der Waals surface area contributed by atoms with E-state index in [0.29, 0.717) is 15.8 Å². The van der Waals surface area contributed by atoms with E-state index in [4.69, 9.17) is 18.3 Å². The van der Waals surface area contributed by atoms with Crippen molar-refractivity contribution in [1.82, 2.24) is 0 Å². The molecule has 0 amide bonds. The second-order valence-electron chi connectivity index (χ2n) is 5.93. The predicted molar refractivity (Wildman–Crippen MR) is 111 cm³/mol. The van der Waals surface area contributed by atoms with Crippen LogP contribution < -0.4 is 4.74 Å². The van der Waals surface area contributed by atoms with Crippen molar-refractivity contribution < 1.29 is 23.2 Å². The molecule has 0 spiro atoms. The Morgan fingerprint density at radius 3 is 2.39 bits per heavy atom. The number of hydrogen-bond donors (Lipinski definition) is 0. The normalized spacial score (nSPS) is 14.3. The van der Waals surface area contributed by atoms with Gasteiger partial charge in [0.1, 0.15) is 11.9 Å². The molecule has 9 heteroatoms. The van der Waals surface area contributed by atoms with Crippen molar-refractivity contribution in [3.05, 3.63) is 68.2 Å². The summed E-state index contributed by atoms with van der Waals surface area (Å²) in [5, 5.41) is 11.7. The van der Waals surface area contributed by atoms with Gasteiger partial charge in [0.2, 0.25) is 0 Å². The first-order chi connectivity index (χ1) is 13.4. The molecule has 0 aromatic heterocycles. The van der Waals surface area contributed by atoms with E-state index in [1.807, 2.05) is 44.2 Å². The standard InChI is InChI=1S/C19H23BrNO6P/c1-5-13(2)26-28(25-4)27-19(14-9-7-6-8-10-14)15-11-18(24-3)16(20)12-17(15)21(22)23/h6-13,19H,5H2,1-4H3. The summed E-state index contributed by atoms with van der Waals surface area (Å²) in [5.74, 6) is 0.467. The molecule has 2 aromatic carbocycles. The third kappa shape index (κ3) is 5.72. The summed E-state index contributed by atoms with van der Waals surface area (Å²) in [6.07, 6.45) is -0.0518. The van der Waals surface area contributed by atoms with E-state index in [2.05, 4.69) is 15.9 Å². The molecule has 152 valence electrons. The van der Waals surface area contributed by atoms with Gasteiger partial charge in [-0.2, -0.15) is 0 Å². The molecule has 7 nitrogen and oxygen atoms in total. The Labute approximate surface area is 174 Å². The van der Waals surface area contributed by atoms with Gasteiger partial charge in [-0.05, 0) is 40.9 Å². The van der Waals surface area contributed by atoms with E-state index in [9.17, 15) is 10.1 Å². The molecule has 0 fully saturated rings.